The first-order chi connectivity index (χ1) is 10.3. The highest BCUT2D eigenvalue weighted by Gasteiger charge is 2.18. The van der Waals surface area contributed by atoms with Gasteiger partial charge in [-0.05, 0) is 12.8 Å². The molecular formula is C19H36O2. The number of ether oxygens (including phenoxy) is 1. The number of methoxy groups -OCH3 is 1. The van der Waals surface area contributed by atoms with E-state index >= 15 is 0 Å². The predicted molar refractivity (Wildman–Crippen MR) is 89.4 cm³/mol. The molecule has 0 N–H and O–H groups in total. The molecule has 0 aromatic carbocycles. The molecule has 0 aromatic rings. The third kappa shape index (κ3) is 9.92. The van der Waals surface area contributed by atoms with Crippen molar-refractivity contribution >= 4 is 5.97 Å². The van der Waals surface area contributed by atoms with E-state index in [1.165, 1.54) is 97.0 Å². The van der Waals surface area contributed by atoms with E-state index in [-0.39, 0.29) is 11.9 Å². The molecule has 1 aliphatic rings. The maximum atomic E-state index is 11.8. The van der Waals surface area contributed by atoms with E-state index in [1.54, 1.807) is 0 Å². The minimum Gasteiger partial charge on any atom is -0.469 e. The Bertz CT molecular complexity index is 232. The number of hydrogen-bond acceptors (Lipinski definition) is 2. The van der Waals surface area contributed by atoms with Crippen LogP contribution in [0, 0.1) is 5.92 Å². The van der Waals surface area contributed by atoms with Crippen LogP contribution >= 0.6 is 0 Å². The molecule has 1 fully saturated rings. The number of esters is 1. The predicted octanol–water partition coefficient (Wildman–Crippen LogP) is 6.03. The van der Waals surface area contributed by atoms with Crippen molar-refractivity contribution in [3.05, 3.63) is 0 Å². The summed E-state index contributed by atoms with van der Waals surface area (Å²) in [5.41, 5.74) is 0. The van der Waals surface area contributed by atoms with Crippen molar-refractivity contribution in [1.29, 1.82) is 0 Å². The molecule has 2 nitrogen and oxygen atoms in total. The summed E-state index contributed by atoms with van der Waals surface area (Å²) in [6.07, 6.45) is 21.0. The van der Waals surface area contributed by atoms with Crippen molar-refractivity contribution in [3.63, 3.8) is 0 Å². The Kier molecular flexibility index (Phi) is 11.6. The van der Waals surface area contributed by atoms with Crippen LogP contribution in [-0.2, 0) is 9.53 Å². The molecule has 0 heterocycles. The highest BCUT2D eigenvalue weighted by Crippen LogP contribution is 2.21. The van der Waals surface area contributed by atoms with Crippen molar-refractivity contribution in [2.75, 3.05) is 7.11 Å². The van der Waals surface area contributed by atoms with Crippen LogP contribution in [0.2, 0.25) is 0 Å². The minimum atomic E-state index is 0.0212. The fraction of sp³-hybridized carbons (Fsp3) is 0.947. The Morgan fingerprint density at radius 1 is 0.619 bits per heavy atom. The molecule has 0 aromatic heterocycles. The van der Waals surface area contributed by atoms with E-state index < -0.39 is 0 Å². The highest BCUT2D eigenvalue weighted by molar-refractivity contribution is 5.72. The lowest BCUT2D eigenvalue weighted by molar-refractivity contribution is -0.146. The fourth-order valence-corrected chi connectivity index (χ4v) is 3.45. The van der Waals surface area contributed by atoms with Gasteiger partial charge in [0, 0.05) is 0 Å². The third-order valence-electron chi connectivity index (χ3n) is 4.89. The van der Waals surface area contributed by atoms with Gasteiger partial charge in [-0.3, -0.25) is 4.79 Å². The molecule has 0 unspecified atom stereocenters. The van der Waals surface area contributed by atoms with Crippen LogP contribution in [-0.4, -0.2) is 13.1 Å². The first-order valence-electron chi connectivity index (χ1n) is 9.42. The Morgan fingerprint density at radius 3 is 1.19 bits per heavy atom. The van der Waals surface area contributed by atoms with Crippen molar-refractivity contribution in [3.8, 4) is 0 Å². The Labute approximate surface area is 132 Å². The zero-order chi connectivity index (χ0) is 15.2. The van der Waals surface area contributed by atoms with Crippen molar-refractivity contribution in [2.24, 2.45) is 5.92 Å². The van der Waals surface area contributed by atoms with Crippen LogP contribution in [0.1, 0.15) is 103 Å². The first kappa shape index (κ1) is 18.5. The normalized spacial score (nSPS) is 22.3. The Hall–Kier alpha value is -0.530. The van der Waals surface area contributed by atoms with E-state index in [4.69, 9.17) is 4.74 Å². The SMILES string of the molecule is COC(=O)C1CCCCCCCCCCCCCCCC1. The lowest BCUT2D eigenvalue weighted by Gasteiger charge is -2.14. The number of hydrogen-bond donors (Lipinski definition) is 0. The molecule has 124 valence electrons. The average molecular weight is 296 g/mol. The van der Waals surface area contributed by atoms with E-state index in [2.05, 4.69) is 0 Å². The summed E-state index contributed by atoms with van der Waals surface area (Å²) in [6, 6.07) is 0. The van der Waals surface area contributed by atoms with E-state index in [0.29, 0.717) is 0 Å². The molecule has 0 amide bonds. The van der Waals surface area contributed by atoms with Crippen molar-refractivity contribution in [2.45, 2.75) is 103 Å². The molecular weight excluding hydrogens is 260 g/mol. The molecule has 0 radical (unpaired) electrons. The van der Waals surface area contributed by atoms with Crippen molar-refractivity contribution < 1.29 is 9.53 Å². The number of rotatable bonds is 1. The molecule has 0 aliphatic heterocycles. The van der Waals surface area contributed by atoms with Gasteiger partial charge in [-0.2, -0.15) is 0 Å². The largest absolute Gasteiger partial charge is 0.469 e. The smallest absolute Gasteiger partial charge is 0.308 e. The van der Waals surface area contributed by atoms with Gasteiger partial charge in [-0.1, -0.05) is 89.9 Å². The van der Waals surface area contributed by atoms with Gasteiger partial charge in [0.05, 0.1) is 13.0 Å². The molecule has 1 aliphatic carbocycles. The van der Waals surface area contributed by atoms with Crippen molar-refractivity contribution in [1.82, 2.24) is 0 Å². The molecule has 21 heavy (non-hydrogen) atoms. The van der Waals surface area contributed by atoms with Crippen LogP contribution < -0.4 is 0 Å². The van der Waals surface area contributed by atoms with Crippen LogP contribution in [0.4, 0.5) is 0 Å². The Morgan fingerprint density at radius 2 is 0.905 bits per heavy atom. The summed E-state index contributed by atoms with van der Waals surface area (Å²) in [6.45, 7) is 0. The summed E-state index contributed by atoms with van der Waals surface area (Å²) in [7, 11) is 1.53. The average Bonchev–Trinajstić information content (AvgIpc) is 2.51. The van der Waals surface area contributed by atoms with Gasteiger partial charge in [0.1, 0.15) is 0 Å². The van der Waals surface area contributed by atoms with Crippen LogP contribution in [0.15, 0.2) is 0 Å². The summed E-state index contributed by atoms with van der Waals surface area (Å²) in [5.74, 6) is 0.179. The molecule has 1 saturated carbocycles. The standard InChI is InChI=1S/C19H36O2/c1-21-19(20)18-16-14-12-10-8-6-4-2-3-5-7-9-11-13-15-17-18/h18H,2-17H2,1H3. The fourth-order valence-electron chi connectivity index (χ4n) is 3.45. The summed E-state index contributed by atoms with van der Waals surface area (Å²) >= 11 is 0. The van der Waals surface area contributed by atoms with E-state index in [9.17, 15) is 4.79 Å². The van der Waals surface area contributed by atoms with Gasteiger partial charge in [-0.25, -0.2) is 0 Å². The van der Waals surface area contributed by atoms with Crippen LogP contribution in [0.3, 0.4) is 0 Å². The second-order valence-electron chi connectivity index (χ2n) is 6.75. The van der Waals surface area contributed by atoms with Gasteiger partial charge in [0.25, 0.3) is 0 Å². The van der Waals surface area contributed by atoms with Crippen LogP contribution in [0.25, 0.3) is 0 Å². The maximum Gasteiger partial charge on any atom is 0.308 e. The minimum absolute atomic E-state index is 0.0212. The van der Waals surface area contributed by atoms with Gasteiger partial charge >= 0.3 is 5.97 Å². The van der Waals surface area contributed by atoms with Crippen LogP contribution in [0.5, 0.6) is 0 Å². The van der Waals surface area contributed by atoms with E-state index in [0.717, 1.165) is 12.8 Å². The summed E-state index contributed by atoms with van der Waals surface area (Å²) < 4.78 is 4.97. The van der Waals surface area contributed by atoms with Gasteiger partial charge in [0.2, 0.25) is 0 Å². The molecule has 0 spiro atoms. The summed E-state index contributed by atoms with van der Waals surface area (Å²) in [5, 5.41) is 0. The van der Waals surface area contributed by atoms with Gasteiger partial charge in [0.15, 0.2) is 0 Å². The second-order valence-corrected chi connectivity index (χ2v) is 6.75. The zero-order valence-electron chi connectivity index (χ0n) is 14.2. The van der Waals surface area contributed by atoms with E-state index in [1.807, 2.05) is 0 Å². The quantitative estimate of drug-likeness (QED) is 0.552. The number of carbonyl (C=O) groups excluding carboxylic acids is 1. The maximum absolute atomic E-state index is 11.8. The molecule has 0 bridgehead atoms. The lowest BCUT2D eigenvalue weighted by Crippen LogP contribution is -2.16. The molecule has 2 heteroatoms. The zero-order valence-corrected chi connectivity index (χ0v) is 14.2. The topological polar surface area (TPSA) is 26.3 Å². The molecule has 0 atom stereocenters. The third-order valence-corrected chi connectivity index (χ3v) is 4.89. The first-order valence-corrected chi connectivity index (χ1v) is 9.42. The van der Waals surface area contributed by atoms with Gasteiger partial charge < -0.3 is 4.74 Å². The molecule has 0 saturated heterocycles. The van der Waals surface area contributed by atoms with Gasteiger partial charge in [-0.15, -0.1) is 0 Å². The Balaban J connectivity index is 2.29. The lowest BCUT2D eigenvalue weighted by atomic mass is 9.94. The second kappa shape index (κ2) is 13.2. The highest BCUT2D eigenvalue weighted by atomic mass is 16.5. The monoisotopic (exact) mass is 296 g/mol. The summed E-state index contributed by atoms with van der Waals surface area (Å²) in [4.78, 5) is 11.8. The number of carbonyl (C=O) groups is 1. The molecule has 1 rings (SSSR count).